The van der Waals surface area contributed by atoms with E-state index in [1.807, 2.05) is 0 Å². The molecule has 1 aliphatic heterocycles. The molecule has 3 N–H and O–H groups in total. The van der Waals surface area contributed by atoms with Crippen LogP contribution < -0.4 is 5.32 Å². The highest BCUT2D eigenvalue weighted by Gasteiger charge is 2.17. The monoisotopic (exact) mass is 167 g/mol. The molecule has 1 aliphatic rings. The van der Waals surface area contributed by atoms with Crippen molar-refractivity contribution in [1.82, 2.24) is 5.32 Å². The minimum atomic E-state index is -0.514. The second-order valence-corrected chi connectivity index (χ2v) is 2.46. The molecule has 1 rings (SSSR count). The number of hydrogen-bond donors (Lipinski definition) is 3. The van der Waals surface area contributed by atoms with E-state index in [1.54, 1.807) is 0 Å². The summed E-state index contributed by atoms with van der Waals surface area (Å²) in [7, 11) is 0. The van der Waals surface area contributed by atoms with Gasteiger partial charge in [0.1, 0.15) is 0 Å². The van der Waals surface area contributed by atoms with Crippen molar-refractivity contribution < 1.29 is 10.2 Å². The fourth-order valence-electron chi connectivity index (χ4n) is 1.01. The van der Waals surface area contributed by atoms with Gasteiger partial charge in [-0.25, -0.2) is 0 Å². The van der Waals surface area contributed by atoms with E-state index >= 15 is 0 Å². The Bertz CT molecular complexity index is 81.8. The normalized spacial score (nSPS) is 34.2. The molecule has 0 bridgehead atoms. The third-order valence-electron chi connectivity index (χ3n) is 1.68. The highest BCUT2D eigenvalue weighted by molar-refractivity contribution is 5.85. The predicted molar refractivity (Wildman–Crippen MR) is 41.4 cm³/mol. The van der Waals surface area contributed by atoms with Crippen molar-refractivity contribution in [2.75, 3.05) is 13.1 Å². The third kappa shape index (κ3) is 2.84. The van der Waals surface area contributed by atoms with Gasteiger partial charge in [0.2, 0.25) is 0 Å². The Hall–Kier alpha value is 0.170. The molecular weight excluding hydrogens is 154 g/mol. The van der Waals surface area contributed by atoms with Gasteiger partial charge in [-0.2, -0.15) is 0 Å². The van der Waals surface area contributed by atoms with Crippen LogP contribution in [0.25, 0.3) is 0 Å². The van der Waals surface area contributed by atoms with Gasteiger partial charge in [0.05, 0.1) is 12.2 Å². The zero-order valence-corrected chi connectivity index (χ0v) is 6.60. The van der Waals surface area contributed by atoms with Gasteiger partial charge < -0.3 is 15.5 Å². The quantitative estimate of drug-likeness (QED) is 0.457. The molecule has 0 spiro atoms. The Balaban J connectivity index is 0.000000810. The second kappa shape index (κ2) is 4.91. The lowest BCUT2D eigenvalue weighted by atomic mass is 10.1. The maximum atomic E-state index is 9.07. The van der Waals surface area contributed by atoms with E-state index in [2.05, 4.69) is 5.32 Å². The molecule has 1 fully saturated rings. The molecule has 0 unspecified atom stereocenters. The summed E-state index contributed by atoms with van der Waals surface area (Å²) in [6, 6.07) is 0. The minimum Gasteiger partial charge on any atom is -0.390 e. The Morgan fingerprint density at radius 1 is 1.00 bits per heavy atom. The minimum absolute atomic E-state index is 0. The van der Waals surface area contributed by atoms with E-state index < -0.39 is 12.2 Å². The average Bonchev–Trinajstić information content (AvgIpc) is 1.99. The summed E-state index contributed by atoms with van der Waals surface area (Å²) >= 11 is 0. The van der Waals surface area contributed by atoms with Gasteiger partial charge in [0.15, 0.2) is 0 Å². The lowest BCUT2D eigenvalue weighted by Crippen LogP contribution is -2.24. The first-order valence-electron chi connectivity index (χ1n) is 3.37. The van der Waals surface area contributed by atoms with Crippen LogP contribution in [-0.4, -0.2) is 35.5 Å². The Morgan fingerprint density at radius 2 is 1.40 bits per heavy atom. The molecule has 0 aliphatic carbocycles. The summed E-state index contributed by atoms with van der Waals surface area (Å²) in [5, 5.41) is 21.2. The Kier molecular flexibility index (Phi) is 4.99. The van der Waals surface area contributed by atoms with Gasteiger partial charge in [0.25, 0.3) is 0 Å². The standard InChI is InChI=1S/C6H13NO2.ClH/c8-5-1-3-7-4-2-6(5)9;/h5-9H,1-4H2;1H/t5-,6-;/m0./s1. The lowest BCUT2D eigenvalue weighted by Gasteiger charge is -2.11. The highest BCUT2D eigenvalue weighted by atomic mass is 35.5. The number of hydrogen-bond acceptors (Lipinski definition) is 3. The zero-order valence-electron chi connectivity index (χ0n) is 5.79. The summed E-state index contributed by atoms with van der Waals surface area (Å²) in [6.07, 6.45) is 0.308. The molecule has 0 aromatic carbocycles. The fourth-order valence-corrected chi connectivity index (χ4v) is 1.01. The largest absolute Gasteiger partial charge is 0.390 e. The van der Waals surface area contributed by atoms with Gasteiger partial charge in [0, 0.05) is 0 Å². The summed E-state index contributed by atoms with van der Waals surface area (Å²) in [6.45, 7) is 1.64. The fraction of sp³-hybridized carbons (Fsp3) is 1.00. The topological polar surface area (TPSA) is 52.5 Å². The molecular formula is C6H14ClNO2. The van der Waals surface area contributed by atoms with Crippen molar-refractivity contribution in [1.29, 1.82) is 0 Å². The van der Waals surface area contributed by atoms with E-state index in [0.29, 0.717) is 12.8 Å². The van der Waals surface area contributed by atoms with Crippen LogP contribution in [0.3, 0.4) is 0 Å². The molecule has 0 radical (unpaired) electrons. The molecule has 0 saturated carbocycles. The van der Waals surface area contributed by atoms with Crippen LogP contribution in [0.5, 0.6) is 0 Å². The Labute approximate surface area is 66.8 Å². The van der Waals surface area contributed by atoms with Crippen LogP contribution >= 0.6 is 12.4 Å². The first-order valence-corrected chi connectivity index (χ1v) is 3.37. The van der Waals surface area contributed by atoms with Crippen LogP contribution in [0, 0.1) is 0 Å². The van der Waals surface area contributed by atoms with Gasteiger partial charge >= 0.3 is 0 Å². The van der Waals surface area contributed by atoms with Crippen molar-refractivity contribution in [3.05, 3.63) is 0 Å². The average molecular weight is 168 g/mol. The maximum Gasteiger partial charge on any atom is 0.0811 e. The molecule has 62 valence electrons. The van der Waals surface area contributed by atoms with Gasteiger partial charge in [-0.15, -0.1) is 12.4 Å². The van der Waals surface area contributed by atoms with E-state index in [1.165, 1.54) is 0 Å². The van der Waals surface area contributed by atoms with Crippen molar-refractivity contribution in [3.63, 3.8) is 0 Å². The van der Waals surface area contributed by atoms with Crippen molar-refractivity contribution in [2.45, 2.75) is 25.0 Å². The number of halogens is 1. The number of aliphatic hydroxyl groups is 2. The van der Waals surface area contributed by atoms with E-state index in [9.17, 15) is 0 Å². The molecule has 0 amide bonds. The molecule has 0 aromatic heterocycles. The van der Waals surface area contributed by atoms with Gasteiger partial charge in [-0.05, 0) is 25.9 Å². The molecule has 2 atom stereocenters. The van der Waals surface area contributed by atoms with E-state index in [4.69, 9.17) is 10.2 Å². The predicted octanol–water partition coefficient (Wildman–Crippen LogP) is -0.487. The van der Waals surface area contributed by atoms with Crippen LogP contribution in [0.15, 0.2) is 0 Å². The van der Waals surface area contributed by atoms with Crippen LogP contribution in [0.2, 0.25) is 0 Å². The summed E-state index contributed by atoms with van der Waals surface area (Å²) in [5.41, 5.74) is 0. The summed E-state index contributed by atoms with van der Waals surface area (Å²) in [5.74, 6) is 0. The molecule has 0 aromatic rings. The Morgan fingerprint density at radius 3 is 1.80 bits per heavy atom. The summed E-state index contributed by atoms with van der Waals surface area (Å²) < 4.78 is 0. The maximum absolute atomic E-state index is 9.07. The molecule has 4 heteroatoms. The second-order valence-electron chi connectivity index (χ2n) is 2.46. The molecule has 1 saturated heterocycles. The molecule has 10 heavy (non-hydrogen) atoms. The third-order valence-corrected chi connectivity index (χ3v) is 1.68. The first kappa shape index (κ1) is 10.2. The number of nitrogens with one attached hydrogen (secondary N) is 1. The van der Waals surface area contributed by atoms with Crippen LogP contribution in [0.1, 0.15) is 12.8 Å². The lowest BCUT2D eigenvalue weighted by molar-refractivity contribution is 0.0187. The zero-order chi connectivity index (χ0) is 6.69. The first-order chi connectivity index (χ1) is 4.30. The van der Waals surface area contributed by atoms with Crippen molar-refractivity contribution in [2.24, 2.45) is 0 Å². The van der Waals surface area contributed by atoms with Crippen LogP contribution in [-0.2, 0) is 0 Å². The SMILES string of the molecule is Cl.O[C@H]1CCNCC[C@@H]1O. The summed E-state index contributed by atoms with van der Waals surface area (Å²) in [4.78, 5) is 0. The van der Waals surface area contributed by atoms with Gasteiger partial charge in [-0.1, -0.05) is 0 Å². The number of aliphatic hydroxyl groups excluding tert-OH is 2. The van der Waals surface area contributed by atoms with E-state index in [0.717, 1.165) is 13.1 Å². The van der Waals surface area contributed by atoms with Crippen LogP contribution in [0.4, 0.5) is 0 Å². The highest BCUT2D eigenvalue weighted by Crippen LogP contribution is 2.04. The molecule has 1 heterocycles. The van der Waals surface area contributed by atoms with Gasteiger partial charge in [-0.3, -0.25) is 0 Å². The smallest absolute Gasteiger partial charge is 0.0811 e. The molecule has 3 nitrogen and oxygen atoms in total. The van der Waals surface area contributed by atoms with Crippen molar-refractivity contribution in [3.8, 4) is 0 Å². The van der Waals surface area contributed by atoms with Crippen molar-refractivity contribution >= 4 is 12.4 Å². The number of rotatable bonds is 0. The van der Waals surface area contributed by atoms with E-state index in [-0.39, 0.29) is 12.4 Å².